The Kier molecular flexibility index (Phi) is 8.11. The molecule has 0 amide bonds. The van der Waals surface area contributed by atoms with E-state index in [9.17, 15) is 0 Å². The second-order valence-corrected chi connectivity index (χ2v) is 3.53. The number of nitrogens with two attached hydrogens (primary N) is 1. The summed E-state index contributed by atoms with van der Waals surface area (Å²) >= 11 is 0. The summed E-state index contributed by atoms with van der Waals surface area (Å²) in [4.78, 5) is 0. The van der Waals surface area contributed by atoms with Crippen molar-refractivity contribution in [2.75, 3.05) is 6.54 Å². The minimum atomic E-state index is 0.579. The fourth-order valence-electron chi connectivity index (χ4n) is 2.04. The predicted molar refractivity (Wildman–Crippen MR) is 60.7 cm³/mol. The molecule has 2 N–H and O–H groups in total. The summed E-state index contributed by atoms with van der Waals surface area (Å²) in [7, 11) is 0. The molecule has 78 valence electrons. The van der Waals surface area contributed by atoms with Crippen LogP contribution in [0.4, 0.5) is 0 Å². The molecule has 0 heterocycles. The maximum Gasteiger partial charge on any atom is -0.00116 e. The monoisotopic (exact) mass is 183 g/mol. The third kappa shape index (κ3) is 4.47. The minimum Gasteiger partial charge on any atom is -0.330 e. The Hall–Kier alpha value is -0.300. The lowest BCUT2D eigenvalue weighted by atomic mass is 9.80. The lowest BCUT2D eigenvalue weighted by molar-refractivity contribution is 0.290. The van der Waals surface area contributed by atoms with Crippen molar-refractivity contribution in [2.24, 2.45) is 17.6 Å². The molecule has 1 saturated carbocycles. The van der Waals surface area contributed by atoms with Crippen LogP contribution in [-0.2, 0) is 0 Å². The predicted octanol–water partition coefficient (Wildman–Crippen LogP) is 3.35. The van der Waals surface area contributed by atoms with Gasteiger partial charge in [0.05, 0.1) is 0 Å². The summed E-state index contributed by atoms with van der Waals surface area (Å²) in [5, 5.41) is 0. The molecule has 1 unspecified atom stereocenters. The Morgan fingerprint density at radius 3 is 2.23 bits per heavy atom. The smallest absolute Gasteiger partial charge is 0.00116 e. The molecular weight excluding hydrogens is 158 g/mol. The highest BCUT2D eigenvalue weighted by Crippen LogP contribution is 2.29. The standard InChI is InChI=1S/C10H19N.C2H6/c1-2-9(8-11)10-6-4-3-5-7-10;1-2/h2,9-10H,1,3-8,11H2;1-2H3. The van der Waals surface area contributed by atoms with Gasteiger partial charge in [-0.2, -0.15) is 0 Å². The number of hydrogen-bond donors (Lipinski definition) is 1. The van der Waals surface area contributed by atoms with Gasteiger partial charge in [0.25, 0.3) is 0 Å². The largest absolute Gasteiger partial charge is 0.330 e. The second-order valence-electron chi connectivity index (χ2n) is 3.53. The quantitative estimate of drug-likeness (QED) is 0.667. The van der Waals surface area contributed by atoms with E-state index in [4.69, 9.17) is 5.73 Å². The SMILES string of the molecule is C=CC(CN)C1CCCCC1.CC. The Balaban J connectivity index is 0.000000671. The van der Waals surface area contributed by atoms with Crippen LogP contribution in [0.1, 0.15) is 46.0 Å². The molecule has 1 nitrogen and oxygen atoms in total. The molecule has 1 heteroatoms. The highest BCUT2D eigenvalue weighted by molar-refractivity contribution is 4.86. The average molecular weight is 183 g/mol. The van der Waals surface area contributed by atoms with Gasteiger partial charge in [-0.3, -0.25) is 0 Å². The van der Waals surface area contributed by atoms with Crippen LogP contribution in [0.2, 0.25) is 0 Å². The molecule has 1 aliphatic carbocycles. The molecule has 1 atom stereocenters. The van der Waals surface area contributed by atoms with Crippen LogP contribution in [0.15, 0.2) is 12.7 Å². The molecule has 1 rings (SSSR count). The van der Waals surface area contributed by atoms with Crippen LogP contribution >= 0.6 is 0 Å². The normalized spacial score (nSPS) is 19.9. The van der Waals surface area contributed by atoms with Crippen LogP contribution in [-0.4, -0.2) is 6.54 Å². The molecule has 0 radical (unpaired) electrons. The van der Waals surface area contributed by atoms with Crippen molar-refractivity contribution in [1.82, 2.24) is 0 Å². The van der Waals surface area contributed by atoms with Crippen LogP contribution in [0, 0.1) is 11.8 Å². The fourth-order valence-corrected chi connectivity index (χ4v) is 2.04. The summed E-state index contributed by atoms with van der Waals surface area (Å²) in [5.41, 5.74) is 5.64. The van der Waals surface area contributed by atoms with Crippen molar-refractivity contribution in [3.05, 3.63) is 12.7 Å². The first-order chi connectivity index (χ1) is 6.38. The molecule has 1 fully saturated rings. The minimum absolute atomic E-state index is 0.579. The third-order valence-corrected chi connectivity index (χ3v) is 2.83. The summed E-state index contributed by atoms with van der Waals surface area (Å²) in [6.07, 6.45) is 8.99. The summed E-state index contributed by atoms with van der Waals surface area (Å²) < 4.78 is 0. The van der Waals surface area contributed by atoms with Gasteiger partial charge in [0.1, 0.15) is 0 Å². The topological polar surface area (TPSA) is 26.0 Å². The first kappa shape index (κ1) is 12.7. The molecular formula is C12H25N. The van der Waals surface area contributed by atoms with Crippen molar-refractivity contribution >= 4 is 0 Å². The van der Waals surface area contributed by atoms with Gasteiger partial charge in [0.15, 0.2) is 0 Å². The van der Waals surface area contributed by atoms with Gasteiger partial charge in [-0.15, -0.1) is 6.58 Å². The molecule has 0 saturated heterocycles. The van der Waals surface area contributed by atoms with E-state index in [2.05, 4.69) is 6.58 Å². The van der Waals surface area contributed by atoms with Crippen molar-refractivity contribution in [3.8, 4) is 0 Å². The zero-order chi connectivity index (χ0) is 10.1. The Labute approximate surface area is 83.4 Å². The van der Waals surface area contributed by atoms with E-state index < -0.39 is 0 Å². The van der Waals surface area contributed by atoms with Gasteiger partial charge >= 0.3 is 0 Å². The molecule has 0 aromatic carbocycles. The highest BCUT2D eigenvalue weighted by Gasteiger charge is 2.19. The van der Waals surface area contributed by atoms with E-state index >= 15 is 0 Å². The van der Waals surface area contributed by atoms with Gasteiger partial charge < -0.3 is 5.73 Å². The molecule has 1 aliphatic rings. The van der Waals surface area contributed by atoms with Crippen molar-refractivity contribution < 1.29 is 0 Å². The molecule has 0 spiro atoms. The molecule has 0 aromatic rings. The second kappa shape index (κ2) is 8.31. The van der Waals surface area contributed by atoms with Crippen molar-refractivity contribution in [2.45, 2.75) is 46.0 Å². The van der Waals surface area contributed by atoms with Gasteiger partial charge in [0.2, 0.25) is 0 Å². The summed E-state index contributed by atoms with van der Waals surface area (Å²) in [6, 6.07) is 0. The number of rotatable bonds is 3. The first-order valence-corrected chi connectivity index (χ1v) is 5.71. The van der Waals surface area contributed by atoms with Crippen LogP contribution < -0.4 is 5.73 Å². The van der Waals surface area contributed by atoms with Gasteiger partial charge in [0, 0.05) is 0 Å². The zero-order valence-electron chi connectivity index (χ0n) is 9.26. The molecule has 0 aliphatic heterocycles. The summed E-state index contributed by atoms with van der Waals surface area (Å²) in [6.45, 7) is 8.61. The highest BCUT2D eigenvalue weighted by atomic mass is 14.6. The van der Waals surface area contributed by atoms with Crippen LogP contribution in [0.3, 0.4) is 0 Å². The maximum absolute atomic E-state index is 5.64. The molecule has 0 bridgehead atoms. The Morgan fingerprint density at radius 2 is 1.85 bits per heavy atom. The maximum atomic E-state index is 5.64. The average Bonchev–Trinajstić information content (AvgIpc) is 2.24. The van der Waals surface area contributed by atoms with Gasteiger partial charge in [-0.1, -0.05) is 39.2 Å². The van der Waals surface area contributed by atoms with Crippen molar-refractivity contribution in [1.29, 1.82) is 0 Å². The lowest BCUT2D eigenvalue weighted by Crippen LogP contribution is -2.23. The Bertz CT molecular complexity index is 114. The van der Waals surface area contributed by atoms with E-state index in [1.165, 1.54) is 32.1 Å². The van der Waals surface area contributed by atoms with E-state index in [1.54, 1.807) is 0 Å². The van der Waals surface area contributed by atoms with E-state index in [1.807, 2.05) is 19.9 Å². The third-order valence-electron chi connectivity index (χ3n) is 2.83. The van der Waals surface area contributed by atoms with E-state index in [0.29, 0.717) is 5.92 Å². The van der Waals surface area contributed by atoms with Gasteiger partial charge in [-0.25, -0.2) is 0 Å². The van der Waals surface area contributed by atoms with Crippen LogP contribution in [0.25, 0.3) is 0 Å². The summed E-state index contributed by atoms with van der Waals surface area (Å²) in [5.74, 6) is 1.42. The molecule has 13 heavy (non-hydrogen) atoms. The van der Waals surface area contributed by atoms with Crippen LogP contribution in [0.5, 0.6) is 0 Å². The fraction of sp³-hybridized carbons (Fsp3) is 0.833. The van der Waals surface area contributed by atoms with E-state index in [-0.39, 0.29) is 0 Å². The first-order valence-electron chi connectivity index (χ1n) is 5.71. The zero-order valence-corrected chi connectivity index (χ0v) is 9.26. The van der Waals surface area contributed by atoms with E-state index in [0.717, 1.165) is 12.5 Å². The molecule has 0 aromatic heterocycles. The van der Waals surface area contributed by atoms with Gasteiger partial charge in [-0.05, 0) is 31.2 Å². The van der Waals surface area contributed by atoms with Crippen molar-refractivity contribution in [3.63, 3.8) is 0 Å². The number of hydrogen-bond acceptors (Lipinski definition) is 1. The lowest BCUT2D eigenvalue weighted by Gasteiger charge is -2.26. The Morgan fingerprint density at radius 1 is 1.31 bits per heavy atom.